The molecule has 0 unspecified atom stereocenters. The first-order valence-electron chi connectivity index (χ1n) is 5.65. The van der Waals surface area contributed by atoms with Gasteiger partial charge in [-0.1, -0.05) is 36.4 Å². The van der Waals surface area contributed by atoms with Crippen molar-refractivity contribution in [1.29, 1.82) is 0 Å². The van der Waals surface area contributed by atoms with Gasteiger partial charge in [-0.15, -0.1) is 0 Å². The van der Waals surface area contributed by atoms with E-state index in [-0.39, 0.29) is 0 Å². The summed E-state index contributed by atoms with van der Waals surface area (Å²) in [6, 6.07) is 13.4. The fourth-order valence-corrected chi connectivity index (χ4v) is 2.37. The highest BCUT2D eigenvalue weighted by Crippen LogP contribution is 2.21. The fraction of sp³-hybridized carbons (Fsp3) is 0.286. The molecule has 0 radical (unpaired) electrons. The minimum Gasteiger partial charge on any atom is -0.316 e. The van der Waals surface area contributed by atoms with Gasteiger partial charge in [-0.05, 0) is 47.8 Å². The molecular formula is C14H15N. The van der Waals surface area contributed by atoms with Crippen molar-refractivity contribution in [2.45, 2.75) is 12.8 Å². The third-order valence-corrected chi connectivity index (χ3v) is 3.21. The Morgan fingerprint density at radius 2 is 1.33 bits per heavy atom. The summed E-state index contributed by atoms with van der Waals surface area (Å²) in [5, 5.41) is 6.20. The van der Waals surface area contributed by atoms with Gasteiger partial charge in [-0.25, -0.2) is 0 Å². The molecule has 0 atom stereocenters. The Morgan fingerprint density at radius 1 is 0.800 bits per heavy atom. The van der Waals surface area contributed by atoms with Crippen LogP contribution in [-0.4, -0.2) is 13.1 Å². The molecule has 2 aromatic rings. The average molecular weight is 197 g/mol. The molecule has 3 rings (SSSR count). The molecule has 0 aromatic heterocycles. The molecule has 0 aliphatic carbocycles. The Kier molecular flexibility index (Phi) is 2.18. The van der Waals surface area contributed by atoms with Crippen molar-refractivity contribution < 1.29 is 0 Å². The topological polar surface area (TPSA) is 12.0 Å². The van der Waals surface area contributed by atoms with Gasteiger partial charge in [0.15, 0.2) is 0 Å². The zero-order chi connectivity index (χ0) is 10.1. The van der Waals surface area contributed by atoms with E-state index in [1.54, 1.807) is 0 Å². The number of hydrogen-bond donors (Lipinski definition) is 1. The molecular weight excluding hydrogens is 182 g/mol. The average Bonchev–Trinajstić information content (AvgIpc) is 2.50. The predicted octanol–water partition coefficient (Wildman–Crippen LogP) is 2.53. The smallest absolute Gasteiger partial charge is 0.000812 e. The van der Waals surface area contributed by atoms with E-state index in [1.807, 2.05) is 0 Å². The van der Waals surface area contributed by atoms with Crippen molar-refractivity contribution >= 4 is 10.8 Å². The zero-order valence-corrected chi connectivity index (χ0v) is 8.79. The lowest BCUT2D eigenvalue weighted by Gasteiger charge is -2.07. The summed E-state index contributed by atoms with van der Waals surface area (Å²) in [6.45, 7) is 2.23. The van der Waals surface area contributed by atoms with E-state index in [9.17, 15) is 0 Å². The minimum absolute atomic E-state index is 1.12. The zero-order valence-electron chi connectivity index (χ0n) is 8.79. The second-order valence-corrected chi connectivity index (χ2v) is 4.22. The third-order valence-electron chi connectivity index (χ3n) is 3.21. The van der Waals surface area contributed by atoms with Gasteiger partial charge in [0.25, 0.3) is 0 Å². The first-order valence-corrected chi connectivity index (χ1v) is 5.65. The highest BCUT2D eigenvalue weighted by atomic mass is 14.8. The van der Waals surface area contributed by atoms with E-state index in [0.29, 0.717) is 0 Å². The van der Waals surface area contributed by atoms with Gasteiger partial charge < -0.3 is 5.32 Å². The SMILES string of the molecule is c1ccc2cc3c(cc2c1)CCNCC3. The summed E-state index contributed by atoms with van der Waals surface area (Å²) in [4.78, 5) is 0. The molecule has 76 valence electrons. The normalized spacial score (nSPS) is 16.0. The second kappa shape index (κ2) is 3.67. The maximum atomic E-state index is 3.45. The molecule has 0 fully saturated rings. The highest BCUT2D eigenvalue weighted by Gasteiger charge is 2.07. The van der Waals surface area contributed by atoms with Gasteiger partial charge in [0.05, 0.1) is 0 Å². The molecule has 1 nitrogen and oxygen atoms in total. The molecule has 1 aliphatic rings. The van der Waals surface area contributed by atoms with Crippen molar-refractivity contribution in [3.8, 4) is 0 Å². The van der Waals surface area contributed by atoms with Crippen molar-refractivity contribution in [1.82, 2.24) is 5.32 Å². The van der Waals surface area contributed by atoms with Gasteiger partial charge in [0.2, 0.25) is 0 Å². The van der Waals surface area contributed by atoms with Crippen molar-refractivity contribution in [3.05, 3.63) is 47.5 Å². The number of hydrogen-bond acceptors (Lipinski definition) is 1. The monoisotopic (exact) mass is 197 g/mol. The summed E-state index contributed by atoms with van der Waals surface area (Å²) in [6.07, 6.45) is 2.33. The van der Waals surface area contributed by atoms with E-state index in [1.165, 1.54) is 34.7 Å². The summed E-state index contributed by atoms with van der Waals surface area (Å²) in [7, 11) is 0. The second-order valence-electron chi connectivity index (χ2n) is 4.22. The molecule has 0 bridgehead atoms. The van der Waals surface area contributed by atoms with Crippen LogP contribution in [0.1, 0.15) is 11.1 Å². The molecule has 1 heteroatoms. The largest absolute Gasteiger partial charge is 0.316 e. The van der Waals surface area contributed by atoms with Crippen LogP contribution in [0.25, 0.3) is 10.8 Å². The van der Waals surface area contributed by atoms with Crippen LogP contribution < -0.4 is 5.32 Å². The molecule has 2 aromatic carbocycles. The van der Waals surface area contributed by atoms with Crippen molar-refractivity contribution in [2.75, 3.05) is 13.1 Å². The molecule has 0 saturated heterocycles. The number of fused-ring (bicyclic) bond motifs is 2. The lowest BCUT2D eigenvalue weighted by atomic mass is 9.98. The molecule has 15 heavy (non-hydrogen) atoms. The molecule has 1 N–H and O–H groups in total. The fourth-order valence-electron chi connectivity index (χ4n) is 2.37. The molecule has 1 heterocycles. The lowest BCUT2D eigenvalue weighted by Crippen LogP contribution is -2.16. The van der Waals surface area contributed by atoms with Crippen LogP contribution in [-0.2, 0) is 12.8 Å². The lowest BCUT2D eigenvalue weighted by molar-refractivity contribution is 0.711. The van der Waals surface area contributed by atoms with E-state index in [4.69, 9.17) is 0 Å². The summed E-state index contributed by atoms with van der Waals surface area (Å²) in [5.74, 6) is 0. The van der Waals surface area contributed by atoms with E-state index >= 15 is 0 Å². The quantitative estimate of drug-likeness (QED) is 0.684. The first-order chi connectivity index (χ1) is 7.43. The Hall–Kier alpha value is -1.34. The Balaban J connectivity index is 2.20. The molecule has 0 amide bonds. The van der Waals surface area contributed by atoms with Crippen LogP contribution in [0.5, 0.6) is 0 Å². The third kappa shape index (κ3) is 1.64. The van der Waals surface area contributed by atoms with Crippen molar-refractivity contribution in [2.24, 2.45) is 0 Å². The Morgan fingerprint density at radius 3 is 1.87 bits per heavy atom. The van der Waals surface area contributed by atoms with Crippen LogP contribution in [0.2, 0.25) is 0 Å². The van der Waals surface area contributed by atoms with Crippen LogP contribution in [0.4, 0.5) is 0 Å². The maximum absolute atomic E-state index is 3.45. The summed E-state index contributed by atoms with van der Waals surface area (Å²) in [5.41, 5.74) is 3.05. The summed E-state index contributed by atoms with van der Waals surface area (Å²) >= 11 is 0. The maximum Gasteiger partial charge on any atom is -0.000812 e. The summed E-state index contributed by atoms with van der Waals surface area (Å²) < 4.78 is 0. The van der Waals surface area contributed by atoms with Crippen molar-refractivity contribution in [3.63, 3.8) is 0 Å². The Bertz CT molecular complexity index is 443. The van der Waals surface area contributed by atoms with Gasteiger partial charge in [-0.3, -0.25) is 0 Å². The molecule has 1 aliphatic heterocycles. The number of rotatable bonds is 0. The van der Waals surface area contributed by atoms with E-state index in [0.717, 1.165) is 13.1 Å². The first kappa shape index (κ1) is 8.93. The predicted molar refractivity (Wildman–Crippen MR) is 64.2 cm³/mol. The van der Waals surface area contributed by atoms with Crippen LogP contribution >= 0.6 is 0 Å². The number of nitrogens with one attached hydrogen (secondary N) is 1. The standard InChI is InChI=1S/C14H15N/c1-2-4-12-10-14-6-8-15-7-5-13(14)9-11(12)3-1/h1-4,9-10,15H,5-8H2. The van der Waals surface area contributed by atoms with Crippen LogP contribution in [0, 0.1) is 0 Å². The van der Waals surface area contributed by atoms with E-state index in [2.05, 4.69) is 41.7 Å². The Labute approximate surface area is 90.1 Å². The minimum atomic E-state index is 1.12. The van der Waals surface area contributed by atoms with Crippen LogP contribution in [0.3, 0.4) is 0 Å². The van der Waals surface area contributed by atoms with Gasteiger partial charge in [0.1, 0.15) is 0 Å². The van der Waals surface area contributed by atoms with Gasteiger partial charge >= 0.3 is 0 Å². The van der Waals surface area contributed by atoms with Crippen LogP contribution in [0.15, 0.2) is 36.4 Å². The van der Waals surface area contributed by atoms with E-state index < -0.39 is 0 Å². The van der Waals surface area contributed by atoms with Gasteiger partial charge in [0, 0.05) is 0 Å². The van der Waals surface area contributed by atoms with Gasteiger partial charge in [-0.2, -0.15) is 0 Å². The highest BCUT2D eigenvalue weighted by molar-refractivity contribution is 5.84. The number of benzene rings is 2. The molecule has 0 saturated carbocycles. The molecule has 0 spiro atoms.